The van der Waals surface area contributed by atoms with Crippen LogP contribution in [-0.4, -0.2) is 60.1 Å². The van der Waals surface area contributed by atoms with E-state index in [2.05, 4.69) is 5.32 Å². The third kappa shape index (κ3) is 5.21. The minimum Gasteiger partial charge on any atom is -0.395 e. The van der Waals surface area contributed by atoms with E-state index in [0.717, 1.165) is 12.1 Å². The fourth-order valence-electron chi connectivity index (χ4n) is 2.61. The number of alkyl halides is 3. The summed E-state index contributed by atoms with van der Waals surface area (Å²) >= 11 is 0. The van der Waals surface area contributed by atoms with E-state index in [1.165, 1.54) is 18.3 Å². The van der Waals surface area contributed by atoms with Crippen molar-refractivity contribution in [1.82, 2.24) is 9.80 Å². The van der Waals surface area contributed by atoms with Crippen molar-refractivity contribution >= 4 is 11.6 Å². The molecule has 1 aliphatic rings. The molecule has 0 radical (unpaired) electrons. The highest BCUT2D eigenvalue weighted by molar-refractivity contribution is 6.06. The van der Waals surface area contributed by atoms with Crippen molar-refractivity contribution in [3.8, 4) is 6.07 Å². The third-order valence-electron chi connectivity index (χ3n) is 3.98. The van der Waals surface area contributed by atoms with Gasteiger partial charge in [-0.15, -0.1) is 0 Å². The largest absolute Gasteiger partial charge is 0.418 e. The summed E-state index contributed by atoms with van der Waals surface area (Å²) in [6.45, 7) is 3.04. The van der Waals surface area contributed by atoms with Crippen molar-refractivity contribution in [2.24, 2.45) is 0 Å². The number of hydrogen-bond acceptors (Lipinski definition) is 5. The number of carbonyl (C=O) groups is 1. The van der Waals surface area contributed by atoms with Crippen molar-refractivity contribution in [2.75, 3.05) is 44.6 Å². The number of carbonyl (C=O) groups excluding carboxylic acids is 1. The zero-order valence-electron chi connectivity index (χ0n) is 14.0. The normalized spacial score (nSPS) is 16.3. The summed E-state index contributed by atoms with van der Waals surface area (Å²) in [5, 5.41) is 20.3. The molecule has 0 atom stereocenters. The number of rotatable bonds is 5. The Hall–Kier alpha value is -2.57. The molecule has 1 aromatic carbocycles. The first kappa shape index (κ1) is 19.8. The van der Waals surface area contributed by atoms with Crippen LogP contribution in [-0.2, 0) is 11.0 Å². The molecule has 2 rings (SSSR count). The molecule has 1 aromatic rings. The third-order valence-corrected chi connectivity index (χ3v) is 3.98. The molecule has 9 heteroatoms. The van der Waals surface area contributed by atoms with Crippen LogP contribution in [0.15, 0.2) is 36.0 Å². The highest BCUT2D eigenvalue weighted by Gasteiger charge is 2.33. The number of anilines is 1. The van der Waals surface area contributed by atoms with Crippen molar-refractivity contribution < 1.29 is 23.1 Å². The van der Waals surface area contributed by atoms with Gasteiger partial charge in [0.25, 0.3) is 5.91 Å². The number of nitriles is 1. The van der Waals surface area contributed by atoms with Crippen LogP contribution in [0.2, 0.25) is 0 Å². The molecule has 1 heterocycles. The maximum absolute atomic E-state index is 13.0. The summed E-state index contributed by atoms with van der Waals surface area (Å²) in [4.78, 5) is 16.0. The zero-order chi connectivity index (χ0) is 19.2. The number of aliphatic hydroxyl groups is 1. The van der Waals surface area contributed by atoms with Gasteiger partial charge in [0.2, 0.25) is 0 Å². The first-order chi connectivity index (χ1) is 12.3. The Labute approximate surface area is 149 Å². The second kappa shape index (κ2) is 8.69. The fourth-order valence-corrected chi connectivity index (χ4v) is 2.61. The van der Waals surface area contributed by atoms with Gasteiger partial charge in [-0.1, -0.05) is 12.1 Å². The lowest BCUT2D eigenvalue weighted by molar-refractivity contribution is -0.137. The lowest BCUT2D eigenvalue weighted by Gasteiger charge is -2.33. The fraction of sp³-hybridized carbons (Fsp3) is 0.412. The van der Waals surface area contributed by atoms with Crippen molar-refractivity contribution in [1.29, 1.82) is 5.26 Å². The Morgan fingerprint density at radius 1 is 1.27 bits per heavy atom. The van der Waals surface area contributed by atoms with Crippen LogP contribution in [0.25, 0.3) is 0 Å². The number of amides is 1. The van der Waals surface area contributed by atoms with Crippen molar-refractivity contribution in [3.63, 3.8) is 0 Å². The molecule has 26 heavy (non-hydrogen) atoms. The van der Waals surface area contributed by atoms with Crippen LogP contribution in [0.3, 0.4) is 0 Å². The molecular formula is C17H19F3N4O2. The molecule has 0 aliphatic carbocycles. The smallest absolute Gasteiger partial charge is 0.395 e. The quantitative estimate of drug-likeness (QED) is 0.610. The van der Waals surface area contributed by atoms with E-state index in [0.29, 0.717) is 32.7 Å². The Kier molecular flexibility index (Phi) is 6.60. The molecule has 1 amide bonds. The van der Waals surface area contributed by atoms with Gasteiger partial charge in [0.05, 0.1) is 17.9 Å². The molecule has 0 saturated carbocycles. The summed E-state index contributed by atoms with van der Waals surface area (Å²) in [5.41, 5.74) is -1.63. The number of aliphatic hydroxyl groups excluding tert-OH is 1. The maximum atomic E-state index is 13.0. The minimum atomic E-state index is -4.61. The standard InChI is InChI=1S/C17H19F3N4O2/c18-17(19,20)14-3-1-2-4-15(14)22-16(26)13(11-21)12-24-7-5-23(6-8-24)9-10-25/h1-4,12,25H,5-10H2,(H,22,26)/b13-12-. The Morgan fingerprint density at radius 3 is 2.50 bits per heavy atom. The summed E-state index contributed by atoms with van der Waals surface area (Å²) in [7, 11) is 0. The first-order valence-electron chi connectivity index (χ1n) is 8.02. The lowest BCUT2D eigenvalue weighted by Crippen LogP contribution is -2.45. The number of nitrogens with one attached hydrogen (secondary N) is 1. The van der Waals surface area contributed by atoms with E-state index in [9.17, 15) is 23.2 Å². The number of benzene rings is 1. The SMILES string of the molecule is N#C/C(=C/N1CCN(CCO)CC1)C(=O)Nc1ccccc1C(F)(F)F. The molecule has 0 unspecified atom stereocenters. The minimum absolute atomic E-state index is 0.0559. The highest BCUT2D eigenvalue weighted by Crippen LogP contribution is 2.34. The molecule has 0 bridgehead atoms. The molecule has 0 spiro atoms. The van der Waals surface area contributed by atoms with Gasteiger partial charge < -0.3 is 15.3 Å². The molecular weight excluding hydrogens is 349 g/mol. The van der Waals surface area contributed by atoms with Gasteiger partial charge in [-0.2, -0.15) is 18.4 Å². The van der Waals surface area contributed by atoms with Crippen LogP contribution < -0.4 is 5.32 Å². The van der Waals surface area contributed by atoms with Gasteiger partial charge >= 0.3 is 6.18 Å². The average molecular weight is 368 g/mol. The number of nitrogens with zero attached hydrogens (tertiary/aromatic N) is 3. The van der Waals surface area contributed by atoms with Crippen LogP contribution in [0, 0.1) is 11.3 Å². The van der Waals surface area contributed by atoms with Crippen LogP contribution in [0.1, 0.15) is 5.56 Å². The van der Waals surface area contributed by atoms with Crippen molar-refractivity contribution in [3.05, 3.63) is 41.6 Å². The van der Waals surface area contributed by atoms with E-state index in [1.54, 1.807) is 11.0 Å². The Morgan fingerprint density at radius 2 is 1.92 bits per heavy atom. The Bertz CT molecular complexity index is 705. The summed E-state index contributed by atoms with van der Waals surface area (Å²) in [6, 6.07) is 6.35. The van der Waals surface area contributed by atoms with Gasteiger partial charge in [0, 0.05) is 38.9 Å². The first-order valence-corrected chi connectivity index (χ1v) is 8.02. The maximum Gasteiger partial charge on any atom is 0.418 e. The highest BCUT2D eigenvalue weighted by atomic mass is 19.4. The zero-order valence-corrected chi connectivity index (χ0v) is 14.0. The van der Waals surface area contributed by atoms with Gasteiger partial charge in [-0.25, -0.2) is 0 Å². The number of piperazine rings is 1. The van der Waals surface area contributed by atoms with E-state index >= 15 is 0 Å². The second-order valence-corrected chi connectivity index (χ2v) is 5.75. The predicted molar refractivity (Wildman–Crippen MR) is 88.9 cm³/mol. The number of halogens is 3. The lowest BCUT2D eigenvalue weighted by atomic mass is 10.1. The molecule has 2 N–H and O–H groups in total. The summed E-state index contributed by atoms with van der Waals surface area (Å²) in [6.07, 6.45) is -3.24. The second-order valence-electron chi connectivity index (χ2n) is 5.75. The van der Waals surface area contributed by atoms with E-state index in [1.807, 2.05) is 4.90 Å². The van der Waals surface area contributed by atoms with Crippen LogP contribution in [0.4, 0.5) is 18.9 Å². The molecule has 0 aromatic heterocycles. The summed E-state index contributed by atoms with van der Waals surface area (Å²) in [5.74, 6) is -0.887. The van der Waals surface area contributed by atoms with Crippen LogP contribution >= 0.6 is 0 Å². The molecule has 140 valence electrons. The molecule has 1 aliphatic heterocycles. The van der Waals surface area contributed by atoms with E-state index in [-0.39, 0.29) is 17.9 Å². The van der Waals surface area contributed by atoms with Gasteiger partial charge in [0.15, 0.2) is 0 Å². The predicted octanol–water partition coefficient (Wildman–Crippen LogP) is 1.66. The Balaban J connectivity index is 2.08. The molecule has 6 nitrogen and oxygen atoms in total. The van der Waals surface area contributed by atoms with Crippen molar-refractivity contribution in [2.45, 2.75) is 6.18 Å². The van der Waals surface area contributed by atoms with Gasteiger partial charge in [0.1, 0.15) is 11.6 Å². The van der Waals surface area contributed by atoms with Gasteiger partial charge in [-0.3, -0.25) is 9.69 Å². The number of para-hydroxylation sites is 1. The molecule has 1 saturated heterocycles. The number of β-amino-alcohol motifs (C(OH)–C–C–N with tert-alkyl or cyclic N) is 1. The molecule has 1 fully saturated rings. The van der Waals surface area contributed by atoms with Gasteiger partial charge in [-0.05, 0) is 12.1 Å². The van der Waals surface area contributed by atoms with E-state index < -0.39 is 17.6 Å². The van der Waals surface area contributed by atoms with Crippen LogP contribution in [0.5, 0.6) is 0 Å². The van der Waals surface area contributed by atoms with E-state index in [4.69, 9.17) is 5.11 Å². The summed E-state index contributed by atoms with van der Waals surface area (Å²) < 4.78 is 39.0. The number of hydrogen-bond donors (Lipinski definition) is 2. The topological polar surface area (TPSA) is 79.6 Å². The average Bonchev–Trinajstić information content (AvgIpc) is 2.60. The monoisotopic (exact) mass is 368 g/mol.